The van der Waals surface area contributed by atoms with E-state index >= 15 is 0 Å². The lowest BCUT2D eigenvalue weighted by Crippen LogP contribution is -1.87. The number of hydrogen-bond donors (Lipinski definition) is 1. The lowest BCUT2D eigenvalue weighted by atomic mass is 10.00. The number of hydrogen-bond acceptors (Lipinski definition) is 3. The van der Waals surface area contributed by atoms with Crippen molar-refractivity contribution in [1.29, 1.82) is 0 Å². The number of aromatic hydroxyl groups is 1. The average Bonchev–Trinajstić information content (AvgIpc) is 2.88. The first-order chi connectivity index (χ1) is 9.72. The van der Waals surface area contributed by atoms with E-state index in [1.165, 1.54) is 0 Å². The molecule has 0 saturated heterocycles. The van der Waals surface area contributed by atoms with Gasteiger partial charge >= 0.3 is 0 Å². The zero-order valence-corrected chi connectivity index (χ0v) is 11.3. The Hall–Kier alpha value is -2.55. The third-order valence-electron chi connectivity index (χ3n) is 3.42. The van der Waals surface area contributed by atoms with Crippen molar-refractivity contribution in [2.75, 3.05) is 0 Å². The molecule has 0 unspecified atom stereocenters. The maximum absolute atomic E-state index is 10.2. The summed E-state index contributed by atoms with van der Waals surface area (Å²) < 4.78 is 5.47. The Balaban J connectivity index is 2.31. The summed E-state index contributed by atoms with van der Waals surface area (Å²) >= 11 is 0. The van der Waals surface area contributed by atoms with Gasteiger partial charge in [-0.1, -0.05) is 41.6 Å². The van der Waals surface area contributed by atoms with Gasteiger partial charge in [-0.15, -0.1) is 6.58 Å². The first-order valence-electron chi connectivity index (χ1n) is 6.49. The van der Waals surface area contributed by atoms with Crippen molar-refractivity contribution in [1.82, 2.24) is 5.16 Å². The molecule has 0 aliphatic heterocycles. The van der Waals surface area contributed by atoms with Crippen LogP contribution < -0.4 is 0 Å². The normalized spacial score (nSPS) is 10.8. The molecule has 0 fully saturated rings. The van der Waals surface area contributed by atoms with E-state index in [0.29, 0.717) is 12.0 Å². The van der Waals surface area contributed by atoms with Crippen LogP contribution in [0.5, 0.6) is 5.75 Å². The maximum Gasteiger partial charge on any atom is 0.174 e. The van der Waals surface area contributed by atoms with Gasteiger partial charge in [0.25, 0.3) is 0 Å². The largest absolute Gasteiger partial charge is 0.507 e. The molecule has 0 aliphatic carbocycles. The molecule has 20 heavy (non-hydrogen) atoms. The predicted octanol–water partition coefficient (Wildman–Crippen LogP) is 4.24. The van der Waals surface area contributed by atoms with Gasteiger partial charge in [-0.2, -0.15) is 0 Å². The molecule has 0 saturated carbocycles. The number of phenols is 1. The molecule has 3 aromatic rings. The van der Waals surface area contributed by atoms with Gasteiger partial charge in [-0.3, -0.25) is 0 Å². The summed E-state index contributed by atoms with van der Waals surface area (Å²) in [5.41, 5.74) is 3.99. The molecule has 1 heterocycles. The highest BCUT2D eigenvalue weighted by Gasteiger charge is 2.17. The second kappa shape index (κ2) is 4.85. The first-order valence-corrected chi connectivity index (χ1v) is 6.49. The van der Waals surface area contributed by atoms with Gasteiger partial charge in [0.05, 0.1) is 5.39 Å². The monoisotopic (exact) mass is 265 g/mol. The molecular formula is C17H15NO2. The van der Waals surface area contributed by atoms with Crippen molar-refractivity contribution >= 4 is 11.0 Å². The molecule has 3 nitrogen and oxygen atoms in total. The fraction of sp³-hybridized carbons (Fsp3) is 0.118. The fourth-order valence-electron chi connectivity index (χ4n) is 2.42. The number of phenolic OH excluding ortho intramolecular Hbond substituents is 1. The van der Waals surface area contributed by atoms with Gasteiger partial charge in [0, 0.05) is 11.1 Å². The van der Waals surface area contributed by atoms with Crippen LogP contribution in [-0.2, 0) is 6.42 Å². The van der Waals surface area contributed by atoms with E-state index in [-0.39, 0.29) is 5.75 Å². The standard InChI is InChI=1S/C17H15NO2/c1-3-7-13-16(19)11(2)10-14-15(18-20-17(13)14)12-8-5-4-6-9-12/h3-6,8-10,19H,1,7H2,2H3. The summed E-state index contributed by atoms with van der Waals surface area (Å²) in [7, 11) is 0. The third-order valence-corrected chi connectivity index (χ3v) is 3.42. The van der Waals surface area contributed by atoms with E-state index in [1.54, 1.807) is 6.08 Å². The number of allylic oxidation sites excluding steroid dienone is 1. The van der Waals surface area contributed by atoms with Crippen LogP contribution in [0.25, 0.3) is 22.2 Å². The quantitative estimate of drug-likeness (QED) is 0.720. The minimum atomic E-state index is 0.258. The second-order valence-electron chi connectivity index (χ2n) is 4.79. The molecule has 3 heteroatoms. The van der Waals surface area contributed by atoms with Gasteiger partial charge in [0.2, 0.25) is 0 Å². The van der Waals surface area contributed by atoms with Crippen LogP contribution in [0.4, 0.5) is 0 Å². The molecule has 0 atom stereocenters. The van der Waals surface area contributed by atoms with Crippen LogP contribution in [0, 0.1) is 6.92 Å². The molecule has 0 aliphatic rings. The van der Waals surface area contributed by atoms with Crippen molar-refractivity contribution in [3.8, 4) is 17.0 Å². The summed E-state index contributed by atoms with van der Waals surface area (Å²) in [6, 6.07) is 11.8. The number of fused-ring (bicyclic) bond motifs is 1. The number of nitrogens with zero attached hydrogens (tertiary/aromatic N) is 1. The maximum atomic E-state index is 10.2. The summed E-state index contributed by atoms with van der Waals surface area (Å²) in [5, 5.41) is 15.3. The van der Waals surface area contributed by atoms with Gasteiger partial charge < -0.3 is 9.63 Å². The van der Waals surface area contributed by atoms with E-state index in [9.17, 15) is 5.11 Å². The molecular weight excluding hydrogens is 250 g/mol. The minimum Gasteiger partial charge on any atom is -0.507 e. The van der Waals surface area contributed by atoms with Gasteiger partial charge in [-0.05, 0) is 25.0 Å². The van der Waals surface area contributed by atoms with E-state index in [1.807, 2.05) is 43.3 Å². The number of benzene rings is 2. The Morgan fingerprint density at radius 1 is 1.30 bits per heavy atom. The molecule has 1 N–H and O–H groups in total. The van der Waals surface area contributed by atoms with Gasteiger partial charge in [-0.25, -0.2) is 0 Å². The average molecular weight is 265 g/mol. The molecule has 3 rings (SSSR count). The molecule has 0 amide bonds. The van der Waals surface area contributed by atoms with E-state index in [2.05, 4.69) is 11.7 Å². The first kappa shape index (κ1) is 12.5. The van der Waals surface area contributed by atoms with Crippen molar-refractivity contribution in [2.45, 2.75) is 13.3 Å². The van der Waals surface area contributed by atoms with Crippen molar-refractivity contribution in [3.05, 3.63) is 60.2 Å². The summed E-state index contributed by atoms with van der Waals surface area (Å²) in [6.07, 6.45) is 2.30. The van der Waals surface area contributed by atoms with E-state index in [4.69, 9.17) is 4.52 Å². The zero-order valence-electron chi connectivity index (χ0n) is 11.3. The van der Waals surface area contributed by atoms with Crippen molar-refractivity contribution in [3.63, 3.8) is 0 Å². The third kappa shape index (κ3) is 1.88. The second-order valence-corrected chi connectivity index (χ2v) is 4.79. The summed E-state index contributed by atoms with van der Waals surface area (Å²) in [5.74, 6) is 0.258. The Kier molecular flexibility index (Phi) is 3.03. The zero-order chi connectivity index (χ0) is 14.1. The molecule has 0 spiro atoms. The summed E-state index contributed by atoms with van der Waals surface area (Å²) in [4.78, 5) is 0. The van der Waals surface area contributed by atoms with Crippen LogP contribution in [0.2, 0.25) is 0 Å². The van der Waals surface area contributed by atoms with Crippen LogP contribution in [0.1, 0.15) is 11.1 Å². The lowest BCUT2D eigenvalue weighted by molar-refractivity contribution is 0.444. The van der Waals surface area contributed by atoms with Crippen molar-refractivity contribution < 1.29 is 9.63 Å². The SMILES string of the molecule is C=CCc1c(O)c(C)cc2c(-c3ccccc3)noc12. The Labute approximate surface area is 117 Å². The highest BCUT2D eigenvalue weighted by Crippen LogP contribution is 2.36. The number of rotatable bonds is 3. The Morgan fingerprint density at radius 2 is 2.05 bits per heavy atom. The number of aryl methyl sites for hydroxylation is 1. The van der Waals surface area contributed by atoms with Crippen LogP contribution in [0.3, 0.4) is 0 Å². The molecule has 2 aromatic carbocycles. The minimum absolute atomic E-state index is 0.258. The Bertz CT molecular complexity index is 773. The van der Waals surface area contributed by atoms with Gasteiger partial charge in [0.1, 0.15) is 11.4 Å². The molecule has 100 valence electrons. The summed E-state index contributed by atoms with van der Waals surface area (Å²) in [6.45, 7) is 5.60. The van der Waals surface area contributed by atoms with Crippen LogP contribution in [0.15, 0.2) is 53.6 Å². The number of aromatic nitrogens is 1. The lowest BCUT2D eigenvalue weighted by Gasteiger charge is -2.06. The van der Waals surface area contributed by atoms with Crippen LogP contribution in [-0.4, -0.2) is 10.3 Å². The highest BCUT2D eigenvalue weighted by atomic mass is 16.5. The van der Waals surface area contributed by atoms with E-state index < -0.39 is 0 Å². The van der Waals surface area contributed by atoms with Crippen molar-refractivity contribution in [2.24, 2.45) is 0 Å². The van der Waals surface area contributed by atoms with Gasteiger partial charge in [0.15, 0.2) is 5.58 Å². The fourth-order valence-corrected chi connectivity index (χ4v) is 2.42. The topological polar surface area (TPSA) is 46.3 Å². The molecule has 0 bridgehead atoms. The Morgan fingerprint density at radius 3 is 2.75 bits per heavy atom. The highest BCUT2D eigenvalue weighted by molar-refractivity contribution is 5.95. The molecule has 0 radical (unpaired) electrons. The predicted molar refractivity (Wildman–Crippen MR) is 79.7 cm³/mol. The van der Waals surface area contributed by atoms with Crippen LogP contribution >= 0.6 is 0 Å². The van der Waals surface area contributed by atoms with E-state index in [0.717, 1.165) is 27.8 Å². The molecule has 1 aromatic heterocycles. The smallest absolute Gasteiger partial charge is 0.174 e.